The Morgan fingerprint density at radius 1 is 0.982 bits per heavy atom. The van der Waals surface area contributed by atoms with Gasteiger partial charge < -0.3 is 59.2 Å². The third-order valence-electron chi connectivity index (χ3n) is 12.5. The Labute approximate surface area is 327 Å². The summed E-state index contributed by atoms with van der Waals surface area (Å²) in [6.07, 6.45) is -3.89. The van der Waals surface area contributed by atoms with Gasteiger partial charge in [0.1, 0.15) is 23.9 Å². The number of esters is 1. The molecule has 15 heteroatoms. The number of nitrogens with zero attached hydrogens (tertiary/aromatic N) is 2. The number of oxime groups is 1. The van der Waals surface area contributed by atoms with Crippen molar-refractivity contribution in [1.82, 2.24) is 4.90 Å². The van der Waals surface area contributed by atoms with Crippen LogP contribution in [0.4, 0.5) is 0 Å². The second-order valence-corrected chi connectivity index (χ2v) is 17.1. The van der Waals surface area contributed by atoms with Crippen molar-refractivity contribution in [3.63, 3.8) is 0 Å². The van der Waals surface area contributed by atoms with Crippen molar-refractivity contribution in [2.45, 2.75) is 186 Å². The molecule has 0 aromatic rings. The molecule has 3 heterocycles. The number of likely N-dealkylation sites (N-methyl/N-ethyl adjacent to an activating group) is 1. The van der Waals surface area contributed by atoms with Crippen molar-refractivity contribution < 1.29 is 64.0 Å². The van der Waals surface area contributed by atoms with Gasteiger partial charge in [0.25, 0.3) is 0 Å². The molecular formula is C40H70N2O13. The molecule has 55 heavy (non-hydrogen) atoms. The van der Waals surface area contributed by atoms with Crippen LogP contribution in [0.2, 0.25) is 0 Å². The number of rotatable bonds is 9. The Kier molecular flexibility index (Phi) is 16.6. The first-order valence-corrected chi connectivity index (χ1v) is 19.7. The zero-order valence-electron chi connectivity index (χ0n) is 34.9. The lowest BCUT2D eigenvalue weighted by molar-refractivity contribution is -0.318. The first-order valence-electron chi connectivity index (χ1n) is 19.7. The van der Waals surface area contributed by atoms with Crippen LogP contribution >= 0.6 is 0 Å². The highest BCUT2D eigenvalue weighted by atomic mass is 16.7. The number of hydrogen-bond acceptors (Lipinski definition) is 15. The third-order valence-corrected chi connectivity index (χ3v) is 12.5. The lowest BCUT2D eigenvalue weighted by atomic mass is 9.73. The van der Waals surface area contributed by atoms with Crippen LogP contribution in [-0.4, -0.2) is 152 Å². The highest BCUT2D eigenvalue weighted by Crippen LogP contribution is 2.41. The van der Waals surface area contributed by atoms with Gasteiger partial charge in [0.2, 0.25) is 0 Å². The largest absolute Gasteiger partial charge is 0.459 e. The summed E-state index contributed by atoms with van der Waals surface area (Å²) in [5.41, 5.74) is -4.75. The number of aliphatic hydroxyl groups is 5. The van der Waals surface area contributed by atoms with E-state index in [2.05, 4.69) is 11.1 Å². The zero-order valence-corrected chi connectivity index (χ0v) is 34.9. The summed E-state index contributed by atoms with van der Waals surface area (Å²) in [6.45, 7) is 17.1. The average molecular weight is 787 g/mol. The van der Waals surface area contributed by atoms with Crippen LogP contribution in [0.15, 0.2) is 5.16 Å². The van der Waals surface area contributed by atoms with Gasteiger partial charge in [0, 0.05) is 50.3 Å². The Hall–Kier alpha value is -1.94. The average Bonchev–Trinajstić information content (AvgIpc) is 3.12. The quantitative estimate of drug-likeness (QED) is 0.0859. The van der Waals surface area contributed by atoms with Gasteiger partial charge >= 0.3 is 5.97 Å². The topological polar surface area (TPSA) is 209 Å². The molecule has 15 nitrogen and oxygen atoms in total. The van der Waals surface area contributed by atoms with E-state index in [1.807, 2.05) is 18.9 Å². The van der Waals surface area contributed by atoms with Gasteiger partial charge in [-0.25, -0.2) is 0 Å². The van der Waals surface area contributed by atoms with Crippen LogP contribution in [0.25, 0.3) is 0 Å². The number of terminal acetylenes is 1. The molecule has 0 amide bonds. The Balaban J connectivity index is 2.21. The molecule has 3 fully saturated rings. The summed E-state index contributed by atoms with van der Waals surface area (Å²) in [5.74, 6) is -1.71. The van der Waals surface area contributed by atoms with Crippen molar-refractivity contribution in [3.05, 3.63) is 0 Å². The van der Waals surface area contributed by atoms with E-state index >= 15 is 0 Å². The van der Waals surface area contributed by atoms with Crippen molar-refractivity contribution in [1.29, 1.82) is 0 Å². The lowest BCUT2D eigenvalue weighted by Crippen LogP contribution is -2.61. The first-order chi connectivity index (χ1) is 25.5. The molecule has 3 aliphatic heterocycles. The normalized spacial score (nSPS) is 47.5. The maximum atomic E-state index is 14.2. The van der Waals surface area contributed by atoms with Crippen LogP contribution < -0.4 is 0 Å². The smallest absolute Gasteiger partial charge is 0.311 e. The fourth-order valence-corrected chi connectivity index (χ4v) is 8.94. The van der Waals surface area contributed by atoms with Crippen LogP contribution in [0, 0.1) is 36.0 Å². The maximum Gasteiger partial charge on any atom is 0.311 e. The predicted molar refractivity (Wildman–Crippen MR) is 203 cm³/mol. The molecule has 6 N–H and O–H groups in total. The van der Waals surface area contributed by atoms with Gasteiger partial charge in [-0.2, -0.15) is 0 Å². The number of carbonyl (C=O) groups is 1. The molecule has 0 aromatic heterocycles. The van der Waals surface area contributed by atoms with Crippen molar-refractivity contribution in [2.75, 3.05) is 20.7 Å². The van der Waals surface area contributed by atoms with E-state index in [1.54, 1.807) is 55.4 Å². The van der Waals surface area contributed by atoms with Gasteiger partial charge in [0.05, 0.1) is 53.4 Å². The SMILES string of the molecule is C#CCCN(C)[C@H]1C[C@@H](C)O[C@@H](O[C@@H]2[C@@H](C)[C@H](OC3C[C@@](C)(OC)[C@@H](O)[C@H](C)O3)[C@@H](C)C(=O)O[C@H](CC)[C@@](C)(O)C(O)[C@@H](C)/C(=N/O)[C@H](C)C[C@@]2(C)O)[C@@H]1O. The molecule has 318 valence electrons. The van der Waals surface area contributed by atoms with E-state index in [-0.39, 0.29) is 31.1 Å². The summed E-state index contributed by atoms with van der Waals surface area (Å²) < 4.78 is 37.4. The van der Waals surface area contributed by atoms with E-state index < -0.39 is 108 Å². The number of cyclic esters (lactones) is 1. The second kappa shape index (κ2) is 19.2. The minimum Gasteiger partial charge on any atom is -0.459 e. The van der Waals surface area contributed by atoms with E-state index in [0.717, 1.165) is 0 Å². The lowest BCUT2D eigenvalue weighted by Gasteiger charge is -2.49. The van der Waals surface area contributed by atoms with Crippen LogP contribution in [0.1, 0.15) is 101 Å². The molecule has 0 spiro atoms. The number of methoxy groups -OCH3 is 1. The van der Waals surface area contributed by atoms with Crippen LogP contribution in [0.3, 0.4) is 0 Å². The van der Waals surface area contributed by atoms with Crippen LogP contribution in [0.5, 0.6) is 0 Å². The number of carbonyl (C=O) groups excluding carboxylic acids is 1. The Morgan fingerprint density at radius 2 is 1.62 bits per heavy atom. The molecule has 0 aliphatic carbocycles. The highest BCUT2D eigenvalue weighted by Gasteiger charge is 2.53. The Morgan fingerprint density at radius 3 is 2.18 bits per heavy atom. The molecule has 18 atom stereocenters. The summed E-state index contributed by atoms with van der Waals surface area (Å²) in [6, 6.07) is -0.398. The summed E-state index contributed by atoms with van der Waals surface area (Å²) in [5, 5.41) is 72.3. The number of ether oxygens (including phenoxy) is 6. The maximum absolute atomic E-state index is 14.2. The summed E-state index contributed by atoms with van der Waals surface area (Å²) >= 11 is 0. The van der Waals surface area contributed by atoms with Gasteiger partial charge in [-0.1, -0.05) is 32.9 Å². The van der Waals surface area contributed by atoms with Crippen molar-refractivity contribution in [3.8, 4) is 12.3 Å². The Bertz CT molecular complexity index is 1320. The van der Waals surface area contributed by atoms with Gasteiger partial charge in [-0.3, -0.25) is 9.69 Å². The second-order valence-electron chi connectivity index (χ2n) is 17.1. The number of aliphatic hydroxyl groups excluding tert-OH is 3. The molecule has 0 aromatic carbocycles. The van der Waals surface area contributed by atoms with Gasteiger partial charge in [0.15, 0.2) is 12.6 Å². The van der Waals surface area contributed by atoms with E-state index in [0.29, 0.717) is 19.4 Å². The molecule has 3 rings (SSSR count). The van der Waals surface area contributed by atoms with Crippen molar-refractivity contribution >= 4 is 11.7 Å². The predicted octanol–water partition coefficient (Wildman–Crippen LogP) is 2.44. The van der Waals surface area contributed by atoms with Gasteiger partial charge in [-0.15, -0.1) is 12.3 Å². The standard InChI is InChI=1S/C40H70N2O13/c1-14-16-17-42(12)27-18-22(4)51-37(31(27)43)55-35-24(6)32(54-29-20-39(10,50-13)34(45)26(8)52-29)25(7)36(46)53-28(15-2)40(11,48)33(44)23(5)30(41-49)21(3)19-38(35,9)47/h1,21-29,31-35,37,43-45,47-49H,15-20H2,2-13H3/b41-30+/t21-,22-,23+,24+,25-,26+,27+,28-,29?,31-,32+,33?,34+,35-,37+,38-,39-,40-/m1/s1. The summed E-state index contributed by atoms with van der Waals surface area (Å²) in [4.78, 5) is 16.2. The minimum atomic E-state index is -1.98. The fraction of sp³-hybridized carbons (Fsp3) is 0.900. The monoisotopic (exact) mass is 786 g/mol. The first kappa shape index (κ1) is 47.4. The van der Waals surface area contributed by atoms with Crippen LogP contribution in [-0.2, 0) is 33.2 Å². The summed E-state index contributed by atoms with van der Waals surface area (Å²) in [7, 11) is 3.34. The third kappa shape index (κ3) is 10.6. The molecular weight excluding hydrogens is 716 g/mol. The van der Waals surface area contributed by atoms with Crippen molar-refractivity contribution in [2.24, 2.45) is 28.8 Å². The molecule has 2 unspecified atom stereocenters. The van der Waals surface area contributed by atoms with Gasteiger partial charge in [-0.05, 0) is 67.9 Å². The highest BCUT2D eigenvalue weighted by molar-refractivity contribution is 5.88. The molecule has 0 radical (unpaired) electrons. The zero-order chi connectivity index (χ0) is 41.8. The number of hydrogen-bond donors (Lipinski definition) is 6. The fourth-order valence-electron chi connectivity index (χ4n) is 8.94. The minimum absolute atomic E-state index is 0.0826. The molecule has 3 saturated heterocycles. The van der Waals surface area contributed by atoms with E-state index in [1.165, 1.54) is 14.0 Å². The molecule has 3 aliphatic rings. The van der Waals surface area contributed by atoms with E-state index in [9.17, 15) is 35.5 Å². The van der Waals surface area contributed by atoms with E-state index in [4.69, 9.17) is 34.8 Å². The molecule has 0 saturated carbocycles. The molecule has 0 bridgehead atoms.